The van der Waals surface area contributed by atoms with Gasteiger partial charge in [0.05, 0.1) is 12.6 Å². The Hall–Kier alpha value is -4.61. The predicted octanol–water partition coefficient (Wildman–Crippen LogP) is 4.18. The molecule has 0 aliphatic carbocycles. The van der Waals surface area contributed by atoms with Gasteiger partial charge in [-0.2, -0.15) is 0 Å². The maximum absolute atomic E-state index is 9.55. The molecule has 226 valence electrons. The summed E-state index contributed by atoms with van der Waals surface area (Å²) >= 11 is 0. The van der Waals surface area contributed by atoms with Crippen molar-refractivity contribution in [1.29, 1.82) is 0 Å². The van der Waals surface area contributed by atoms with Gasteiger partial charge in [0.15, 0.2) is 5.65 Å². The number of unbranched alkanes of at least 4 members (excludes halogenated alkanes) is 3. The van der Waals surface area contributed by atoms with Gasteiger partial charge in [-0.25, -0.2) is 14.6 Å². The lowest BCUT2D eigenvalue weighted by Gasteiger charge is -2.39. The highest BCUT2D eigenvalue weighted by Gasteiger charge is 2.26. The number of hydrogen-bond acceptors (Lipinski definition) is 8. The fraction of sp³-hybridized carbons (Fsp3) is 0.344. The van der Waals surface area contributed by atoms with Crippen LogP contribution in [-0.4, -0.2) is 91.1 Å². The van der Waals surface area contributed by atoms with Gasteiger partial charge in [-0.15, -0.1) is 14.8 Å². The minimum atomic E-state index is -1.26. The lowest BCUT2D eigenvalue weighted by Crippen LogP contribution is -2.48. The van der Waals surface area contributed by atoms with Crippen molar-refractivity contribution >= 4 is 17.6 Å². The molecule has 1 saturated heterocycles. The van der Waals surface area contributed by atoms with Crippen molar-refractivity contribution in [1.82, 2.24) is 29.6 Å². The van der Waals surface area contributed by atoms with Crippen LogP contribution >= 0.6 is 0 Å². The highest BCUT2D eigenvalue weighted by molar-refractivity contribution is 5.89. The molecule has 0 atom stereocenters. The van der Waals surface area contributed by atoms with Crippen LogP contribution in [0.4, 0.5) is 0 Å². The van der Waals surface area contributed by atoms with E-state index in [1.165, 1.54) is 47.9 Å². The van der Waals surface area contributed by atoms with Crippen LogP contribution in [0.3, 0.4) is 0 Å². The molecule has 5 rings (SSSR count). The van der Waals surface area contributed by atoms with Crippen LogP contribution in [0.1, 0.15) is 42.9 Å². The van der Waals surface area contributed by atoms with Crippen LogP contribution in [0.15, 0.2) is 91.3 Å². The van der Waals surface area contributed by atoms with E-state index >= 15 is 0 Å². The van der Waals surface area contributed by atoms with Gasteiger partial charge >= 0.3 is 11.9 Å². The third-order valence-electron chi connectivity index (χ3n) is 7.11. The lowest BCUT2D eigenvalue weighted by atomic mass is 9.96. The van der Waals surface area contributed by atoms with Crippen LogP contribution < -0.4 is 4.74 Å². The molecule has 3 heterocycles. The van der Waals surface area contributed by atoms with E-state index in [1.54, 1.807) is 0 Å². The first-order valence-electron chi connectivity index (χ1n) is 14.5. The third-order valence-corrected chi connectivity index (χ3v) is 7.11. The Morgan fingerprint density at radius 1 is 0.791 bits per heavy atom. The average Bonchev–Trinajstić information content (AvgIpc) is 3.50. The largest absolute Gasteiger partial charge is 0.478 e. The van der Waals surface area contributed by atoms with Crippen molar-refractivity contribution < 1.29 is 24.5 Å². The van der Waals surface area contributed by atoms with Gasteiger partial charge in [0.25, 0.3) is 0 Å². The zero-order valence-corrected chi connectivity index (χ0v) is 24.1. The van der Waals surface area contributed by atoms with E-state index in [9.17, 15) is 9.59 Å². The molecule has 1 aliphatic heterocycles. The molecule has 2 aromatic carbocycles. The van der Waals surface area contributed by atoms with Gasteiger partial charge in [0.1, 0.15) is 6.33 Å². The first-order chi connectivity index (χ1) is 21.0. The molecule has 0 radical (unpaired) electrons. The molecule has 2 aromatic heterocycles. The van der Waals surface area contributed by atoms with Crippen LogP contribution in [0.5, 0.6) is 5.88 Å². The molecule has 11 heteroatoms. The van der Waals surface area contributed by atoms with Crippen molar-refractivity contribution in [3.63, 3.8) is 0 Å². The Bertz CT molecular complexity index is 1380. The number of ether oxygens (including phenoxy) is 1. The average molecular weight is 587 g/mol. The van der Waals surface area contributed by atoms with Crippen LogP contribution in [0.25, 0.3) is 5.65 Å². The smallest absolute Gasteiger partial charge is 0.328 e. The van der Waals surface area contributed by atoms with Crippen molar-refractivity contribution in [3.8, 4) is 5.88 Å². The number of aliphatic carboxylic acids is 2. The second-order valence-corrected chi connectivity index (χ2v) is 10.2. The van der Waals surface area contributed by atoms with Gasteiger partial charge < -0.3 is 19.8 Å². The van der Waals surface area contributed by atoms with Crippen molar-refractivity contribution in [2.24, 2.45) is 0 Å². The van der Waals surface area contributed by atoms with E-state index in [2.05, 4.69) is 85.6 Å². The number of nitrogens with zero attached hydrogens (tertiary/aromatic N) is 6. The molecule has 0 bridgehead atoms. The highest BCUT2D eigenvalue weighted by Crippen LogP contribution is 2.29. The number of rotatable bonds is 13. The Morgan fingerprint density at radius 3 is 2.00 bits per heavy atom. The van der Waals surface area contributed by atoms with Crippen LogP contribution in [-0.2, 0) is 9.59 Å². The minimum Gasteiger partial charge on any atom is -0.478 e. The minimum absolute atomic E-state index is 0.333. The quantitative estimate of drug-likeness (QED) is 0.174. The standard InChI is InChI=1S/C28H34N6O.C4H4O4/c1(2-10-22-35-27-16-15-26-29-23-30-34(26)31-27)9-17-32-18-20-33(21-19-32)28(24-11-5-3-6-12-24)25-13-7-4-8-14-25;5-3(6)1-2-4(7)8/h3-8,11-16,23,28H,1-2,9-10,17-22H2;1-2H,(H,5,6)(H,7,8)/b;2-1+. The number of piperazine rings is 1. The molecule has 0 spiro atoms. The summed E-state index contributed by atoms with van der Waals surface area (Å²) in [6.07, 6.45) is 7.30. The third kappa shape index (κ3) is 10.3. The lowest BCUT2D eigenvalue weighted by molar-refractivity contribution is -0.134. The monoisotopic (exact) mass is 586 g/mol. The van der Waals surface area contributed by atoms with Crippen molar-refractivity contribution in [2.45, 2.75) is 31.7 Å². The second-order valence-electron chi connectivity index (χ2n) is 10.2. The molecule has 1 fully saturated rings. The highest BCUT2D eigenvalue weighted by atomic mass is 16.5. The van der Waals surface area contributed by atoms with Crippen LogP contribution in [0.2, 0.25) is 0 Å². The van der Waals surface area contributed by atoms with E-state index in [0.717, 1.165) is 38.2 Å². The zero-order chi connectivity index (χ0) is 30.3. The number of fused-ring (bicyclic) bond motifs is 1. The number of aromatic nitrogens is 4. The first-order valence-corrected chi connectivity index (χ1v) is 14.5. The van der Waals surface area contributed by atoms with Crippen molar-refractivity contribution in [3.05, 3.63) is 102 Å². The fourth-order valence-corrected chi connectivity index (χ4v) is 5.02. The summed E-state index contributed by atoms with van der Waals surface area (Å²) in [5.74, 6) is -1.91. The second kappa shape index (κ2) is 16.7. The van der Waals surface area contributed by atoms with Crippen LogP contribution in [0, 0.1) is 0 Å². The molecule has 2 N–H and O–H groups in total. The van der Waals surface area contributed by atoms with E-state index in [-0.39, 0.29) is 0 Å². The number of carbonyl (C=O) groups is 2. The number of carboxylic acid groups (broad SMARTS) is 2. The summed E-state index contributed by atoms with van der Waals surface area (Å²) in [4.78, 5) is 28.5. The number of carboxylic acids is 2. The molecule has 0 unspecified atom stereocenters. The fourth-order valence-electron chi connectivity index (χ4n) is 5.02. The molecule has 4 aromatic rings. The Balaban J connectivity index is 0.000000467. The first kappa shape index (κ1) is 31.3. The number of benzene rings is 2. The SMILES string of the molecule is O=C(O)/C=C/C(=O)O.c1ccc(C(c2ccccc2)N2CCN(CCCCCCOc3ccc4ncnn4n3)CC2)cc1. The summed E-state index contributed by atoms with van der Waals surface area (Å²) in [6, 6.07) is 25.9. The predicted molar refractivity (Wildman–Crippen MR) is 162 cm³/mol. The van der Waals surface area contributed by atoms with E-state index in [0.29, 0.717) is 30.7 Å². The van der Waals surface area contributed by atoms with E-state index < -0.39 is 11.9 Å². The molecule has 0 saturated carbocycles. The number of hydrogen-bond donors (Lipinski definition) is 2. The van der Waals surface area contributed by atoms with E-state index in [1.807, 2.05) is 12.1 Å². The van der Waals surface area contributed by atoms with Gasteiger partial charge in [0, 0.05) is 44.4 Å². The summed E-state index contributed by atoms with van der Waals surface area (Å²) in [7, 11) is 0. The molecular formula is C32H38N6O5. The molecule has 0 amide bonds. The van der Waals surface area contributed by atoms with Gasteiger partial charge in [0.2, 0.25) is 5.88 Å². The maximum Gasteiger partial charge on any atom is 0.328 e. The van der Waals surface area contributed by atoms with Gasteiger partial charge in [-0.3, -0.25) is 4.90 Å². The summed E-state index contributed by atoms with van der Waals surface area (Å²) in [6.45, 7) is 6.34. The summed E-state index contributed by atoms with van der Waals surface area (Å²) in [5, 5.41) is 24.0. The Labute approximate surface area is 251 Å². The van der Waals surface area contributed by atoms with Gasteiger partial charge in [-0.05, 0) is 36.6 Å². The van der Waals surface area contributed by atoms with Crippen molar-refractivity contribution in [2.75, 3.05) is 39.3 Å². The normalized spacial score (nSPS) is 14.1. The topological polar surface area (TPSA) is 133 Å². The molecular weight excluding hydrogens is 548 g/mol. The molecule has 11 nitrogen and oxygen atoms in total. The van der Waals surface area contributed by atoms with Gasteiger partial charge in [-0.1, -0.05) is 73.5 Å². The van der Waals surface area contributed by atoms with E-state index in [4.69, 9.17) is 14.9 Å². The Kier molecular flexibility index (Phi) is 12.2. The summed E-state index contributed by atoms with van der Waals surface area (Å²) in [5.41, 5.74) is 3.49. The Morgan fingerprint density at radius 2 is 1.40 bits per heavy atom. The maximum atomic E-state index is 9.55. The molecule has 1 aliphatic rings. The molecule has 43 heavy (non-hydrogen) atoms. The zero-order valence-electron chi connectivity index (χ0n) is 24.1. The summed E-state index contributed by atoms with van der Waals surface area (Å²) < 4.78 is 7.27.